The number of carbonyl (C=O) groups is 1. The molecule has 1 aliphatic heterocycles. The van der Waals surface area contributed by atoms with Crippen LogP contribution in [0.5, 0.6) is 0 Å². The van der Waals surface area contributed by atoms with Gasteiger partial charge in [0.15, 0.2) is 0 Å². The van der Waals surface area contributed by atoms with E-state index >= 15 is 0 Å². The van der Waals surface area contributed by atoms with Crippen molar-refractivity contribution in [1.82, 2.24) is 4.90 Å². The standard InChI is InChI=1S/C16H23NO2/c1-3-19-16(18)13(2)11-17-10-6-9-14-7-4-5-8-15(14)12-17/h4-5,7-8,13H,3,6,9-12H2,1-2H3. The number of ether oxygens (including phenoxy) is 1. The van der Waals surface area contributed by atoms with Crippen LogP contribution in [0.2, 0.25) is 0 Å². The fourth-order valence-electron chi connectivity index (χ4n) is 2.67. The molecule has 0 fully saturated rings. The lowest BCUT2D eigenvalue weighted by molar-refractivity contribution is -0.148. The number of esters is 1. The van der Waals surface area contributed by atoms with Gasteiger partial charge in [-0.15, -0.1) is 0 Å². The minimum absolute atomic E-state index is 0.0507. The molecular formula is C16H23NO2. The number of hydrogen-bond acceptors (Lipinski definition) is 3. The fraction of sp³-hybridized carbons (Fsp3) is 0.562. The van der Waals surface area contributed by atoms with Crippen molar-refractivity contribution in [3.05, 3.63) is 35.4 Å². The van der Waals surface area contributed by atoms with Crippen LogP contribution in [0.15, 0.2) is 24.3 Å². The summed E-state index contributed by atoms with van der Waals surface area (Å²) in [5.74, 6) is -0.134. The highest BCUT2D eigenvalue weighted by Gasteiger charge is 2.20. The van der Waals surface area contributed by atoms with E-state index in [1.165, 1.54) is 11.1 Å². The van der Waals surface area contributed by atoms with E-state index in [0.29, 0.717) is 6.61 Å². The lowest BCUT2D eigenvalue weighted by atomic mass is 10.0. The molecule has 0 amide bonds. The first kappa shape index (κ1) is 14.1. The SMILES string of the molecule is CCOC(=O)C(C)CN1CCCc2ccccc2C1. The number of aryl methyl sites for hydroxylation is 1. The van der Waals surface area contributed by atoms with Crippen molar-refractivity contribution in [2.75, 3.05) is 19.7 Å². The third kappa shape index (κ3) is 3.80. The van der Waals surface area contributed by atoms with Crippen LogP contribution in [0.3, 0.4) is 0 Å². The Morgan fingerprint density at radius 1 is 1.37 bits per heavy atom. The van der Waals surface area contributed by atoms with Crippen molar-refractivity contribution in [2.24, 2.45) is 5.92 Å². The van der Waals surface area contributed by atoms with Crippen molar-refractivity contribution in [1.29, 1.82) is 0 Å². The van der Waals surface area contributed by atoms with Crippen LogP contribution in [0.1, 0.15) is 31.4 Å². The number of hydrogen-bond donors (Lipinski definition) is 0. The van der Waals surface area contributed by atoms with Crippen molar-refractivity contribution < 1.29 is 9.53 Å². The minimum atomic E-state index is -0.0833. The van der Waals surface area contributed by atoms with Gasteiger partial charge < -0.3 is 4.74 Å². The summed E-state index contributed by atoms with van der Waals surface area (Å²) in [6, 6.07) is 8.61. The summed E-state index contributed by atoms with van der Waals surface area (Å²) in [6.45, 7) is 7.05. The van der Waals surface area contributed by atoms with Crippen LogP contribution in [-0.4, -0.2) is 30.6 Å². The van der Waals surface area contributed by atoms with Crippen molar-refractivity contribution in [3.63, 3.8) is 0 Å². The molecule has 0 bridgehead atoms. The first-order chi connectivity index (χ1) is 9.20. The van der Waals surface area contributed by atoms with Crippen LogP contribution < -0.4 is 0 Å². The molecule has 1 unspecified atom stereocenters. The maximum atomic E-state index is 11.7. The van der Waals surface area contributed by atoms with E-state index in [0.717, 1.165) is 32.5 Å². The Labute approximate surface area is 115 Å². The van der Waals surface area contributed by atoms with Gasteiger partial charge in [0.25, 0.3) is 0 Å². The Bertz CT molecular complexity index is 431. The monoisotopic (exact) mass is 261 g/mol. The van der Waals surface area contributed by atoms with Gasteiger partial charge in [-0.2, -0.15) is 0 Å². The molecular weight excluding hydrogens is 238 g/mol. The summed E-state index contributed by atoms with van der Waals surface area (Å²) < 4.78 is 5.08. The molecule has 3 heteroatoms. The zero-order chi connectivity index (χ0) is 13.7. The number of fused-ring (bicyclic) bond motifs is 1. The van der Waals surface area contributed by atoms with Crippen LogP contribution in [0.25, 0.3) is 0 Å². The van der Waals surface area contributed by atoms with E-state index in [9.17, 15) is 4.79 Å². The molecule has 0 spiro atoms. The smallest absolute Gasteiger partial charge is 0.309 e. The molecule has 0 N–H and O–H groups in total. The lowest BCUT2D eigenvalue weighted by Gasteiger charge is -2.23. The Kier molecular flexibility index (Phi) is 4.97. The minimum Gasteiger partial charge on any atom is -0.466 e. The Morgan fingerprint density at radius 2 is 2.11 bits per heavy atom. The van der Waals surface area contributed by atoms with Gasteiger partial charge in [-0.25, -0.2) is 0 Å². The first-order valence-corrected chi connectivity index (χ1v) is 7.16. The summed E-state index contributed by atoms with van der Waals surface area (Å²) in [5, 5.41) is 0. The topological polar surface area (TPSA) is 29.5 Å². The molecule has 1 atom stereocenters. The summed E-state index contributed by atoms with van der Waals surface area (Å²) in [4.78, 5) is 14.1. The molecule has 0 aromatic heterocycles. The van der Waals surface area contributed by atoms with Crippen LogP contribution in [0.4, 0.5) is 0 Å². The highest BCUT2D eigenvalue weighted by atomic mass is 16.5. The van der Waals surface area contributed by atoms with E-state index < -0.39 is 0 Å². The quantitative estimate of drug-likeness (QED) is 0.780. The second-order valence-electron chi connectivity index (χ2n) is 5.26. The molecule has 2 rings (SSSR count). The zero-order valence-electron chi connectivity index (χ0n) is 11.9. The van der Waals surface area contributed by atoms with Crippen LogP contribution in [-0.2, 0) is 22.5 Å². The fourth-order valence-corrected chi connectivity index (χ4v) is 2.67. The predicted molar refractivity (Wildman–Crippen MR) is 75.8 cm³/mol. The summed E-state index contributed by atoms with van der Waals surface area (Å²) in [5.41, 5.74) is 2.85. The highest BCUT2D eigenvalue weighted by molar-refractivity contribution is 5.72. The van der Waals surface area contributed by atoms with Crippen molar-refractivity contribution in [2.45, 2.75) is 33.2 Å². The zero-order valence-corrected chi connectivity index (χ0v) is 11.9. The molecule has 0 radical (unpaired) electrons. The van der Waals surface area contributed by atoms with Gasteiger partial charge in [0.05, 0.1) is 12.5 Å². The Balaban J connectivity index is 1.97. The van der Waals surface area contributed by atoms with Crippen molar-refractivity contribution >= 4 is 5.97 Å². The Hall–Kier alpha value is -1.35. The molecule has 1 heterocycles. The van der Waals surface area contributed by atoms with E-state index in [1.807, 2.05) is 13.8 Å². The van der Waals surface area contributed by atoms with Gasteiger partial charge in [-0.3, -0.25) is 9.69 Å². The largest absolute Gasteiger partial charge is 0.466 e. The average Bonchev–Trinajstić information content (AvgIpc) is 2.60. The molecule has 1 aromatic carbocycles. The van der Waals surface area contributed by atoms with Gasteiger partial charge in [0, 0.05) is 13.1 Å². The average molecular weight is 261 g/mol. The number of carbonyl (C=O) groups excluding carboxylic acids is 1. The molecule has 3 nitrogen and oxygen atoms in total. The van der Waals surface area contributed by atoms with Crippen LogP contribution >= 0.6 is 0 Å². The van der Waals surface area contributed by atoms with Crippen molar-refractivity contribution in [3.8, 4) is 0 Å². The molecule has 1 aromatic rings. The summed E-state index contributed by atoms with van der Waals surface area (Å²) in [6.07, 6.45) is 2.30. The normalized spacial score (nSPS) is 17.4. The number of rotatable bonds is 4. The van der Waals surface area contributed by atoms with Gasteiger partial charge in [0.2, 0.25) is 0 Å². The molecule has 104 valence electrons. The number of benzene rings is 1. The Morgan fingerprint density at radius 3 is 2.84 bits per heavy atom. The van der Waals surface area contributed by atoms with Gasteiger partial charge in [-0.05, 0) is 37.4 Å². The van der Waals surface area contributed by atoms with E-state index in [2.05, 4.69) is 29.2 Å². The highest BCUT2D eigenvalue weighted by Crippen LogP contribution is 2.19. The summed E-state index contributed by atoms with van der Waals surface area (Å²) in [7, 11) is 0. The molecule has 0 saturated heterocycles. The molecule has 1 aliphatic rings. The van der Waals surface area contributed by atoms with E-state index in [4.69, 9.17) is 4.74 Å². The maximum absolute atomic E-state index is 11.7. The second kappa shape index (κ2) is 6.71. The third-order valence-corrected chi connectivity index (χ3v) is 3.65. The van der Waals surface area contributed by atoms with E-state index in [-0.39, 0.29) is 11.9 Å². The third-order valence-electron chi connectivity index (χ3n) is 3.65. The lowest BCUT2D eigenvalue weighted by Crippen LogP contribution is -2.32. The van der Waals surface area contributed by atoms with Gasteiger partial charge in [0.1, 0.15) is 0 Å². The van der Waals surface area contributed by atoms with Gasteiger partial charge in [-0.1, -0.05) is 31.2 Å². The second-order valence-corrected chi connectivity index (χ2v) is 5.26. The summed E-state index contributed by atoms with van der Waals surface area (Å²) >= 11 is 0. The maximum Gasteiger partial charge on any atom is 0.309 e. The molecule has 0 saturated carbocycles. The number of nitrogens with zero attached hydrogens (tertiary/aromatic N) is 1. The molecule has 19 heavy (non-hydrogen) atoms. The predicted octanol–water partition coefficient (Wildman–Crippen LogP) is 2.63. The molecule has 0 aliphatic carbocycles. The van der Waals surface area contributed by atoms with Crippen LogP contribution in [0, 0.1) is 5.92 Å². The first-order valence-electron chi connectivity index (χ1n) is 7.16. The van der Waals surface area contributed by atoms with E-state index in [1.54, 1.807) is 0 Å². The van der Waals surface area contributed by atoms with Gasteiger partial charge >= 0.3 is 5.97 Å².